The van der Waals surface area contributed by atoms with Crippen LogP contribution in [0.15, 0.2) is 65.7 Å². The average Bonchev–Trinajstić information content (AvgIpc) is 3.14. The van der Waals surface area contributed by atoms with Crippen LogP contribution in [-0.4, -0.2) is 19.9 Å². The fourth-order valence-electron chi connectivity index (χ4n) is 3.15. The molecule has 4 rings (SSSR count). The highest BCUT2D eigenvalue weighted by atomic mass is 19.4. The van der Waals surface area contributed by atoms with Crippen molar-refractivity contribution in [2.45, 2.75) is 12.7 Å². The topological polar surface area (TPSA) is 70.9 Å². The molecule has 0 fully saturated rings. The van der Waals surface area contributed by atoms with Crippen molar-refractivity contribution < 1.29 is 18.3 Å². The number of aromatic amines is 1. The predicted molar refractivity (Wildman–Crippen MR) is 98.0 cm³/mol. The van der Waals surface area contributed by atoms with Gasteiger partial charge in [0.25, 0.3) is 5.56 Å². The molecule has 5 nitrogen and oxygen atoms in total. The molecule has 0 saturated heterocycles. The highest BCUT2D eigenvalue weighted by Gasteiger charge is 2.35. The zero-order valence-electron chi connectivity index (χ0n) is 14.4. The van der Waals surface area contributed by atoms with Crippen molar-refractivity contribution >= 4 is 10.8 Å². The number of pyridine rings is 1. The monoisotopic (exact) mass is 385 g/mol. The van der Waals surface area contributed by atoms with Gasteiger partial charge in [-0.1, -0.05) is 18.2 Å². The number of nitrogens with zero attached hydrogens (tertiary/aromatic N) is 2. The average molecular weight is 385 g/mol. The van der Waals surface area contributed by atoms with Gasteiger partial charge in [0.05, 0.1) is 12.7 Å². The minimum absolute atomic E-state index is 0.0710. The largest absolute Gasteiger partial charge is 0.508 e. The van der Waals surface area contributed by atoms with Gasteiger partial charge in [-0.3, -0.25) is 9.89 Å². The van der Waals surface area contributed by atoms with E-state index < -0.39 is 11.9 Å². The minimum Gasteiger partial charge on any atom is -0.508 e. The van der Waals surface area contributed by atoms with Gasteiger partial charge in [0.1, 0.15) is 11.4 Å². The molecular weight excluding hydrogens is 371 g/mol. The van der Waals surface area contributed by atoms with Crippen LogP contribution in [0, 0.1) is 0 Å². The second-order valence-electron chi connectivity index (χ2n) is 6.38. The summed E-state index contributed by atoms with van der Waals surface area (Å²) >= 11 is 0. The Morgan fingerprint density at radius 2 is 1.93 bits per heavy atom. The van der Waals surface area contributed by atoms with Crippen molar-refractivity contribution in [3.8, 4) is 16.9 Å². The van der Waals surface area contributed by atoms with Gasteiger partial charge in [0.15, 0.2) is 0 Å². The number of hydrogen-bond donors (Lipinski definition) is 2. The Kier molecular flexibility index (Phi) is 4.18. The zero-order chi connectivity index (χ0) is 19.9. The van der Waals surface area contributed by atoms with Crippen LogP contribution < -0.4 is 5.56 Å². The van der Waals surface area contributed by atoms with E-state index in [4.69, 9.17) is 0 Å². The molecule has 0 spiro atoms. The van der Waals surface area contributed by atoms with E-state index in [1.165, 1.54) is 22.8 Å². The number of rotatable bonds is 3. The van der Waals surface area contributed by atoms with Gasteiger partial charge in [-0.15, -0.1) is 0 Å². The third-order valence-corrected chi connectivity index (χ3v) is 4.47. The van der Waals surface area contributed by atoms with Crippen molar-refractivity contribution in [3.05, 3.63) is 82.5 Å². The summed E-state index contributed by atoms with van der Waals surface area (Å²) in [6.45, 7) is 0.269. The van der Waals surface area contributed by atoms with Crippen molar-refractivity contribution in [3.63, 3.8) is 0 Å². The highest BCUT2D eigenvalue weighted by Crippen LogP contribution is 2.35. The first-order chi connectivity index (χ1) is 13.3. The number of halogens is 3. The lowest BCUT2D eigenvalue weighted by Crippen LogP contribution is -2.20. The van der Waals surface area contributed by atoms with Crippen LogP contribution in [-0.2, 0) is 12.7 Å². The van der Waals surface area contributed by atoms with Crippen molar-refractivity contribution in [1.82, 2.24) is 14.8 Å². The summed E-state index contributed by atoms with van der Waals surface area (Å²) in [5, 5.41) is 16.0. The maximum Gasteiger partial charge on any atom is 0.433 e. The van der Waals surface area contributed by atoms with Gasteiger partial charge in [0.2, 0.25) is 0 Å². The maximum absolute atomic E-state index is 13.1. The number of benzene rings is 2. The van der Waals surface area contributed by atoms with Gasteiger partial charge < -0.3 is 9.67 Å². The molecule has 2 heterocycles. The van der Waals surface area contributed by atoms with Crippen molar-refractivity contribution in [2.24, 2.45) is 0 Å². The number of nitrogens with one attached hydrogen (secondary N) is 1. The second kappa shape index (κ2) is 6.56. The van der Waals surface area contributed by atoms with Gasteiger partial charge in [-0.05, 0) is 46.8 Å². The molecule has 0 saturated carbocycles. The van der Waals surface area contributed by atoms with E-state index in [1.54, 1.807) is 36.5 Å². The quantitative estimate of drug-likeness (QED) is 0.556. The summed E-state index contributed by atoms with van der Waals surface area (Å²) in [5.41, 5.74) is -0.192. The number of fused-ring (bicyclic) bond motifs is 1. The summed E-state index contributed by atoms with van der Waals surface area (Å²) in [6, 6.07) is 12.8. The number of aromatic nitrogens is 3. The molecular formula is C20H14F3N3O2. The summed E-state index contributed by atoms with van der Waals surface area (Å²) < 4.78 is 40.8. The summed E-state index contributed by atoms with van der Waals surface area (Å²) in [6.07, 6.45) is -1.85. The molecule has 0 atom stereocenters. The molecule has 4 aromatic rings. The summed E-state index contributed by atoms with van der Waals surface area (Å²) in [7, 11) is 0. The number of hydrogen-bond acceptors (Lipinski definition) is 3. The Morgan fingerprint density at radius 3 is 2.68 bits per heavy atom. The van der Waals surface area contributed by atoms with E-state index in [1.807, 2.05) is 5.10 Å². The van der Waals surface area contributed by atoms with E-state index in [0.29, 0.717) is 16.3 Å². The highest BCUT2D eigenvalue weighted by molar-refractivity contribution is 5.87. The number of phenols is 1. The fraction of sp³-hybridized carbons (Fsp3) is 0.100. The molecule has 8 heteroatoms. The molecule has 28 heavy (non-hydrogen) atoms. The molecule has 142 valence electrons. The first-order valence-electron chi connectivity index (χ1n) is 8.35. The number of H-pyrrole nitrogens is 1. The Bertz CT molecular complexity index is 1230. The Labute approximate surface area is 156 Å². The molecule has 0 amide bonds. The zero-order valence-corrected chi connectivity index (χ0v) is 14.4. The van der Waals surface area contributed by atoms with Crippen LogP contribution in [0.3, 0.4) is 0 Å². The van der Waals surface area contributed by atoms with Crippen LogP contribution in [0.1, 0.15) is 11.3 Å². The Balaban J connectivity index is 1.75. The Hall–Kier alpha value is -3.55. The smallest absolute Gasteiger partial charge is 0.433 e. The van der Waals surface area contributed by atoms with Crippen LogP contribution in [0.5, 0.6) is 5.75 Å². The molecule has 0 aliphatic carbocycles. The lowest BCUT2D eigenvalue weighted by Gasteiger charge is -2.10. The first-order valence-corrected chi connectivity index (χ1v) is 8.35. The van der Waals surface area contributed by atoms with Crippen LogP contribution in [0.2, 0.25) is 0 Å². The van der Waals surface area contributed by atoms with E-state index in [-0.39, 0.29) is 23.4 Å². The molecule has 0 bridgehead atoms. The van der Waals surface area contributed by atoms with Crippen LogP contribution in [0.25, 0.3) is 21.9 Å². The van der Waals surface area contributed by atoms with E-state index in [9.17, 15) is 23.1 Å². The van der Waals surface area contributed by atoms with Crippen LogP contribution >= 0.6 is 0 Å². The lowest BCUT2D eigenvalue weighted by atomic mass is 10.0. The SMILES string of the molecule is O=c1c2ccc(-c3cn[nH]c3C(F)(F)F)cc2ccn1Cc1cccc(O)c1. The standard InChI is InChI=1S/C20H14F3N3O2/c21-20(22,23)18-17(10-24-25-18)13-4-5-16-14(9-13)6-7-26(19(16)28)11-12-2-1-3-15(27)8-12/h1-10,27H,11H2,(H,24,25). The Morgan fingerprint density at radius 1 is 1.11 bits per heavy atom. The third kappa shape index (κ3) is 3.24. The molecule has 0 unspecified atom stereocenters. The van der Waals surface area contributed by atoms with Crippen molar-refractivity contribution in [2.75, 3.05) is 0 Å². The van der Waals surface area contributed by atoms with Gasteiger partial charge >= 0.3 is 6.18 Å². The number of aromatic hydroxyl groups is 1. The molecule has 2 N–H and O–H groups in total. The lowest BCUT2D eigenvalue weighted by molar-refractivity contribution is -0.140. The van der Waals surface area contributed by atoms with E-state index in [2.05, 4.69) is 5.10 Å². The van der Waals surface area contributed by atoms with Gasteiger partial charge in [0, 0.05) is 17.1 Å². The summed E-state index contributed by atoms with van der Waals surface area (Å²) in [5.74, 6) is 0.108. The van der Waals surface area contributed by atoms with Gasteiger partial charge in [-0.2, -0.15) is 18.3 Å². The third-order valence-electron chi connectivity index (χ3n) is 4.47. The molecule has 0 radical (unpaired) electrons. The molecule has 2 aromatic heterocycles. The van der Waals surface area contributed by atoms with Crippen molar-refractivity contribution in [1.29, 1.82) is 0 Å². The summed E-state index contributed by atoms with van der Waals surface area (Å²) in [4.78, 5) is 12.7. The molecule has 0 aliphatic heterocycles. The molecule has 2 aromatic carbocycles. The van der Waals surface area contributed by atoms with E-state index >= 15 is 0 Å². The second-order valence-corrected chi connectivity index (χ2v) is 6.38. The molecule has 0 aliphatic rings. The fourth-order valence-corrected chi connectivity index (χ4v) is 3.15. The first kappa shape index (κ1) is 17.8. The normalized spacial score (nSPS) is 11.8. The maximum atomic E-state index is 13.1. The van der Waals surface area contributed by atoms with Gasteiger partial charge in [-0.25, -0.2) is 0 Å². The predicted octanol–water partition coefficient (Wildman–Crippen LogP) is 4.16. The number of phenolic OH excluding ortho intramolecular Hbond substituents is 1. The van der Waals surface area contributed by atoms with E-state index in [0.717, 1.165) is 11.8 Å². The minimum atomic E-state index is -4.55. The van der Waals surface area contributed by atoms with Crippen LogP contribution in [0.4, 0.5) is 13.2 Å². The number of alkyl halides is 3.